The van der Waals surface area contributed by atoms with Gasteiger partial charge in [0.25, 0.3) is 0 Å². The molecule has 2 rings (SSSR count). The molecule has 23 heavy (non-hydrogen) atoms. The molecular weight excluding hydrogens is 316 g/mol. The first kappa shape index (κ1) is 17.7. The van der Waals surface area contributed by atoms with Gasteiger partial charge in [-0.15, -0.1) is 0 Å². The van der Waals surface area contributed by atoms with Crippen LogP contribution < -0.4 is 5.14 Å². The number of ether oxygens (including phenoxy) is 1. The molecule has 0 radical (unpaired) electrons. The number of primary sulfonamides is 1. The van der Waals surface area contributed by atoms with Crippen molar-refractivity contribution >= 4 is 16.1 Å². The molecule has 0 aliphatic carbocycles. The summed E-state index contributed by atoms with van der Waals surface area (Å²) < 4.78 is 28.2. The van der Waals surface area contributed by atoms with E-state index in [-0.39, 0.29) is 17.0 Å². The van der Waals surface area contributed by atoms with E-state index in [4.69, 9.17) is 9.88 Å². The average molecular weight is 340 g/mol. The van der Waals surface area contributed by atoms with Gasteiger partial charge < -0.3 is 9.64 Å². The van der Waals surface area contributed by atoms with E-state index in [1.54, 1.807) is 17.0 Å². The first-order valence-electron chi connectivity index (χ1n) is 7.70. The third-order valence-electron chi connectivity index (χ3n) is 3.72. The fraction of sp³-hybridized carbons (Fsp3) is 0.562. The highest BCUT2D eigenvalue weighted by atomic mass is 32.2. The van der Waals surface area contributed by atoms with Crippen LogP contribution in [-0.4, -0.2) is 31.6 Å². The number of benzene rings is 1. The quantitative estimate of drug-likeness (QED) is 0.896. The van der Waals surface area contributed by atoms with Gasteiger partial charge >= 0.3 is 6.09 Å². The molecule has 7 heteroatoms. The van der Waals surface area contributed by atoms with Crippen LogP contribution in [-0.2, 0) is 14.8 Å². The number of amides is 1. The van der Waals surface area contributed by atoms with Gasteiger partial charge in [0, 0.05) is 6.54 Å². The standard InChI is InChI=1S/C16H24N2O4S/c1-16(2,3)22-15(19)18-11-5-4-6-14(18)12-7-9-13(10-8-12)23(17,20)21/h7-10,14H,4-6,11H2,1-3H3,(H2,17,20,21). The number of hydrogen-bond donors (Lipinski definition) is 1. The maximum atomic E-state index is 12.4. The number of sulfonamides is 1. The Morgan fingerprint density at radius 3 is 2.35 bits per heavy atom. The van der Waals surface area contributed by atoms with Gasteiger partial charge in [-0.1, -0.05) is 12.1 Å². The van der Waals surface area contributed by atoms with E-state index < -0.39 is 15.6 Å². The molecule has 2 N–H and O–H groups in total. The summed E-state index contributed by atoms with van der Waals surface area (Å²) in [5.41, 5.74) is 0.347. The molecule has 1 aliphatic rings. The van der Waals surface area contributed by atoms with Crippen molar-refractivity contribution in [3.05, 3.63) is 29.8 Å². The Morgan fingerprint density at radius 1 is 1.22 bits per heavy atom. The van der Waals surface area contributed by atoms with Gasteiger partial charge in [0.15, 0.2) is 0 Å². The second-order valence-corrected chi connectivity index (χ2v) is 8.36. The molecule has 1 amide bonds. The lowest BCUT2D eigenvalue weighted by molar-refractivity contribution is 0.00950. The lowest BCUT2D eigenvalue weighted by Crippen LogP contribution is -2.41. The summed E-state index contributed by atoms with van der Waals surface area (Å²) in [5, 5.41) is 5.12. The first-order chi connectivity index (χ1) is 10.6. The summed E-state index contributed by atoms with van der Waals surface area (Å²) in [7, 11) is -3.71. The van der Waals surface area contributed by atoms with E-state index in [2.05, 4.69) is 0 Å². The summed E-state index contributed by atoms with van der Waals surface area (Å²) in [6, 6.07) is 6.28. The van der Waals surface area contributed by atoms with Crippen LogP contribution in [0.3, 0.4) is 0 Å². The highest BCUT2D eigenvalue weighted by Crippen LogP contribution is 2.32. The number of rotatable bonds is 2. The molecule has 1 aliphatic heterocycles. The van der Waals surface area contributed by atoms with E-state index >= 15 is 0 Å². The van der Waals surface area contributed by atoms with Gasteiger partial charge in [-0.3, -0.25) is 0 Å². The van der Waals surface area contributed by atoms with Crippen LogP contribution in [0.1, 0.15) is 51.6 Å². The van der Waals surface area contributed by atoms with Gasteiger partial charge in [0.1, 0.15) is 5.60 Å². The summed E-state index contributed by atoms with van der Waals surface area (Å²) in [6.07, 6.45) is 2.44. The Balaban J connectivity index is 2.23. The average Bonchev–Trinajstić information content (AvgIpc) is 2.45. The highest BCUT2D eigenvalue weighted by molar-refractivity contribution is 7.89. The molecule has 1 fully saturated rings. The van der Waals surface area contributed by atoms with Gasteiger partial charge in [0.2, 0.25) is 10.0 Å². The summed E-state index contributed by atoms with van der Waals surface area (Å²) >= 11 is 0. The molecule has 0 bridgehead atoms. The molecule has 0 spiro atoms. The zero-order valence-electron chi connectivity index (χ0n) is 13.8. The third kappa shape index (κ3) is 4.68. The number of hydrogen-bond acceptors (Lipinski definition) is 4. The highest BCUT2D eigenvalue weighted by Gasteiger charge is 2.31. The minimum atomic E-state index is -3.71. The molecule has 6 nitrogen and oxygen atoms in total. The summed E-state index contributed by atoms with van der Waals surface area (Å²) in [6.45, 7) is 6.15. The SMILES string of the molecule is CC(C)(C)OC(=O)N1CCCCC1c1ccc(S(N)(=O)=O)cc1. The molecular formula is C16H24N2O4S. The van der Waals surface area contributed by atoms with E-state index in [1.165, 1.54) is 12.1 Å². The van der Waals surface area contributed by atoms with Gasteiger partial charge in [0.05, 0.1) is 10.9 Å². The number of likely N-dealkylation sites (tertiary alicyclic amines) is 1. The molecule has 1 atom stereocenters. The predicted molar refractivity (Wildman–Crippen MR) is 87.3 cm³/mol. The van der Waals surface area contributed by atoms with Gasteiger partial charge in [-0.05, 0) is 57.7 Å². The Labute approximate surface area is 137 Å². The molecule has 0 saturated carbocycles. The van der Waals surface area contributed by atoms with Crippen molar-refractivity contribution in [1.82, 2.24) is 4.90 Å². The predicted octanol–water partition coefficient (Wildman–Crippen LogP) is 2.80. The van der Waals surface area contributed by atoms with Crippen LogP contribution in [0.25, 0.3) is 0 Å². The Morgan fingerprint density at radius 2 is 1.83 bits per heavy atom. The van der Waals surface area contributed by atoms with Crippen molar-refractivity contribution in [2.75, 3.05) is 6.54 Å². The lowest BCUT2D eigenvalue weighted by atomic mass is 9.96. The van der Waals surface area contributed by atoms with Gasteiger partial charge in [-0.25, -0.2) is 18.4 Å². The maximum absolute atomic E-state index is 12.4. The third-order valence-corrected chi connectivity index (χ3v) is 4.65. The fourth-order valence-electron chi connectivity index (χ4n) is 2.70. The van der Waals surface area contributed by atoms with Crippen LogP contribution in [0.5, 0.6) is 0 Å². The van der Waals surface area contributed by atoms with E-state index in [0.717, 1.165) is 24.8 Å². The first-order valence-corrected chi connectivity index (χ1v) is 9.25. The summed E-state index contributed by atoms with van der Waals surface area (Å²) in [4.78, 5) is 14.2. The zero-order chi connectivity index (χ0) is 17.3. The van der Waals surface area contributed by atoms with Crippen molar-refractivity contribution in [2.24, 2.45) is 5.14 Å². The molecule has 1 aromatic carbocycles. The number of nitrogens with zero attached hydrogens (tertiary/aromatic N) is 1. The Bertz CT molecular complexity index is 662. The number of carbonyl (C=O) groups is 1. The Kier molecular flexibility index (Phi) is 5.01. The molecule has 1 aromatic rings. The van der Waals surface area contributed by atoms with Crippen LogP contribution in [0.15, 0.2) is 29.2 Å². The summed E-state index contributed by atoms with van der Waals surface area (Å²) in [5.74, 6) is 0. The van der Waals surface area contributed by atoms with Crippen molar-refractivity contribution in [2.45, 2.75) is 56.6 Å². The van der Waals surface area contributed by atoms with Crippen molar-refractivity contribution in [1.29, 1.82) is 0 Å². The molecule has 1 saturated heterocycles. The molecule has 0 aromatic heterocycles. The minimum absolute atomic E-state index is 0.0703. The normalized spacial score (nSPS) is 19.5. The number of nitrogens with two attached hydrogens (primary N) is 1. The number of piperidine rings is 1. The largest absolute Gasteiger partial charge is 0.444 e. The van der Waals surface area contributed by atoms with Crippen LogP contribution in [0.4, 0.5) is 4.79 Å². The molecule has 1 heterocycles. The van der Waals surface area contributed by atoms with Crippen LogP contribution in [0, 0.1) is 0 Å². The van der Waals surface area contributed by atoms with Gasteiger partial charge in [-0.2, -0.15) is 0 Å². The fourth-order valence-corrected chi connectivity index (χ4v) is 3.21. The van der Waals surface area contributed by atoms with Crippen LogP contribution >= 0.6 is 0 Å². The second kappa shape index (κ2) is 6.49. The lowest BCUT2D eigenvalue weighted by Gasteiger charge is -2.37. The topological polar surface area (TPSA) is 89.7 Å². The van der Waals surface area contributed by atoms with Crippen molar-refractivity contribution in [3.63, 3.8) is 0 Å². The molecule has 1 unspecified atom stereocenters. The Hall–Kier alpha value is -1.60. The van der Waals surface area contributed by atoms with Crippen LogP contribution in [0.2, 0.25) is 0 Å². The van der Waals surface area contributed by atoms with Crippen molar-refractivity contribution in [3.8, 4) is 0 Å². The maximum Gasteiger partial charge on any atom is 0.410 e. The second-order valence-electron chi connectivity index (χ2n) is 6.80. The van der Waals surface area contributed by atoms with E-state index in [9.17, 15) is 13.2 Å². The molecule has 128 valence electrons. The minimum Gasteiger partial charge on any atom is -0.444 e. The number of carbonyl (C=O) groups excluding carboxylic acids is 1. The zero-order valence-corrected chi connectivity index (χ0v) is 14.6. The monoisotopic (exact) mass is 340 g/mol. The smallest absolute Gasteiger partial charge is 0.410 e. The van der Waals surface area contributed by atoms with E-state index in [0.29, 0.717) is 6.54 Å². The van der Waals surface area contributed by atoms with E-state index in [1.807, 2.05) is 20.8 Å². The van der Waals surface area contributed by atoms with Crippen molar-refractivity contribution < 1.29 is 17.9 Å².